The lowest BCUT2D eigenvalue weighted by Gasteiger charge is -2.12. The van der Waals surface area contributed by atoms with E-state index < -0.39 is 34.5 Å². The molecule has 1 N–H and O–H groups in total. The lowest BCUT2D eigenvalue weighted by molar-refractivity contribution is 0.102. The molecule has 1 heterocycles. The Morgan fingerprint density at radius 3 is 2.52 bits per heavy atom. The Balaban J connectivity index is 2.08. The van der Waals surface area contributed by atoms with Crippen LogP contribution in [0.15, 0.2) is 47.4 Å². The number of pyridine rings is 1. The number of halogens is 3. The average Bonchev–Trinajstić information content (AvgIpc) is 2.62. The molecule has 1 amide bonds. The first kappa shape index (κ1) is 16.8. The van der Waals surface area contributed by atoms with Crippen molar-refractivity contribution >= 4 is 22.5 Å². The van der Waals surface area contributed by atoms with Crippen LogP contribution in [0, 0.1) is 17.5 Å². The van der Waals surface area contributed by atoms with Gasteiger partial charge in [-0.3, -0.25) is 9.59 Å². The molecule has 128 valence electrons. The van der Waals surface area contributed by atoms with Crippen molar-refractivity contribution in [1.82, 2.24) is 4.57 Å². The van der Waals surface area contributed by atoms with Gasteiger partial charge >= 0.3 is 0 Å². The highest BCUT2D eigenvalue weighted by Crippen LogP contribution is 2.20. The van der Waals surface area contributed by atoms with Crippen molar-refractivity contribution in [3.8, 4) is 0 Å². The van der Waals surface area contributed by atoms with Gasteiger partial charge in [0.05, 0.1) is 11.2 Å². The molecule has 4 nitrogen and oxygen atoms in total. The van der Waals surface area contributed by atoms with Crippen molar-refractivity contribution in [3.63, 3.8) is 0 Å². The van der Waals surface area contributed by atoms with Crippen molar-refractivity contribution in [2.45, 2.75) is 13.5 Å². The third kappa shape index (κ3) is 2.88. The van der Waals surface area contributed by atoms with E-state index in [0.717, 1.165) is 6.07 Å². The van der Waals surface area contributed by atoms with Gasteiger partial charge in [0.25, 0.3) is 5.91 Å². The Bertz CT molecular complexity index is 1040. The molecule has 3 rings (SSSR count). The Morgan fingerprint density at radius 2 is 1.80 bits per heavy atom. The summed E-state index contributed by atoms with van der Waals surface area (Å²) in [5.41, 5.74) is -0.629. The number of carbonyl (C=O) groups excluding carboxylic acids is 1. The Kier molecular flexibility index (Phi) is 4.31. The van der Waals surface area contributed by atoms with Crippen LogP contribution in [0.4, 0.5) is 18.9 Å². The number of amides is 1. The van der Waals surface area contributed by atoms with Crippen LogP contribution < -0.4 is 10.7 Å². The number of hydrogen-bond donors (Lipinski definition) is 1. The first-order valence-corrected chi connectivity index (χ1v) is 7.51. The molecule has 0 unspecified atom stereocenters. The highest BCUT2D eigenvalue weighted by molar-refractivity contribution is 6.05. The monoisotopic (exact) mass is 346 g/mol. The zero-order valence-electron chi connectivity index (χ0n) is 13.1. The van der Waals surface area contributed by atoms with Gasteiger partial charge in [-0.25, -0.2) is 13.2 Å². The average molecular weight is 346 g/mol. The minimum atomic E-state index is -1.69. The van der Waals surface area contributed by atoms with Crippen LogP contribution in [-0.4, -0.2) is 10.5 Å². The summed E-state index contributed by atoms with van der Waals surface area (Å²) in [6.07, 6.45) is 1.36. The summed E-state index contributed by atoms with van der Waals surface area (Å²) < 4.78 is 41.7. The summed E-state index contributed by atoms with van der Waals surface area (Å²) in [6.45, 7) is 2.34. The second-order valence-electron chi connectivity index (χ2n) is 5.35. The molecule has 0 fully saturated rings. The third-order valence-electron chi connectivity index (χ3n) is 3.86. The molecule has 3 aromatic rings. The SMILES string of the molecule is CCn1cc(C(=O)Nc2ccc(F)c(F)c2F)c(=O)c2ccccc21. The molecule has 0 saturated carbocycles. The minimum absolute atomic E-state index is 0.218. The lowest BCUT2D eigenvalue weighted by Crippen LogP contribution is -2.24. The fraction of sp³-hybridized carbons (Fsp3) is 0.111. The third-order valence-corrected chi connectivity index (χ3v) is 3.86. The van der Waals surface area contributed by atoms with Crippen LogP contribution in [0.1, 0.15) is 17.3 Å². The van der Waals surface area contributed by atoms with Gasteiger partial charge in [0.15, 0.2) is 17.5 Å². The van der Waals surface area contributed by atoms with Gasteiger partial charge in [0, 0.05) is 18.1 Å². The second-order valence-corrected chi connectivity index (χ2v) is 5.35. The largest absolute Gasteiger partial charge is 0.347 e. The standard InChI is InChI=1S/C18H13F3N2O2/c1-2-23-9-11(17(24)10-5-3-4-6-14(10)23)18(25)22-13-8-7-12(19)15(20)16(13)21/h3-9H,2H2,1H3,(H,22,25). The number of nitrogens with one attached hydrogen (secondary N) is 1. The molecule has 0 saturated heterocycles. The molecule has 2 aromatic carbocycles. The number of aromatic nitrogens is 1. The second kappa shape index (κ2) is 6.43. The number of benzene rings is 2. The Labute approximate surface area is 140 Å². The fourth-order valence-electron chi connectivity index (χ4n) is 2.58. The molecule has 0 aliphatic heterocycles. The topological polar surface area (TPSA) is 51.1 Å². The van der Waals surface area contributed by atoms with E-state index >= 15 is 0 Å². The summed E-state index contributed by atoms with van der Waals surface area (Å²) in [6, 6.07) is 8.35. The highest BCUT2D eigenvalue weighted by atomic mass is 19.2. The number of nitrogens with zero attached hydrogens (tertiary/aromatic N) is 1. The van der Waals surface area contributed by atoms with E-state index in [2.05, 4.69) is 5.32 Å². The molecule has 0 bridgehead atoms. The van der Waals surface area contributed by atoms with Gasteiger partial charge in [-0.15, -0.1) is 0 Å². The quantitative estimate of drug-likeness (QED) is 0.736. The normalized spacial score (nSPS) is 10.9. The number of fused-ring (bicyclic) bond motifs is 1. The van der Waals surface area contributed by atoms with E-state index in [9.17, 15) is 22.8 Å². The number of rotatable bonds is 3. The van der Waals surface area contributed by atoms with Gasteiger partial charge in [0.1, 0.15) is 5.56 Å². The van der Waals surface area contributed by atoms with E-state index in [1.165, 1.54) is 6.20 Å². The number of anilines is 1. The number of hydrogen-bond acceptors (Lipinski definition) is 2. The van der Waals surface area contributed by atoms with Crippen molar-refractivity contribution in [2.24, 2.45) is 0 Å². The van der Waals surface area contributed by atoms with Crippen molar-refractivity contribution in [2.75, 3.05) is 5.32 Å². The Hall–Kier alpha value is -3.09. The smallest absolute Gasteiger partial charge is 0.261 e. The summed E-state index contributed by atoms with van der Waals surface area (Å²) >= 11 is 0. The minimum Gasteiger partial charge on any atom is -0.347 e. The molecule has 0 spiro atoms. The van der Waals surface area contributed by atoms with Crippen LogP contribution >= 0.6 is 0 Å². The van der Waals surface area contributed by atoms with Crippen LogP contribution in [0.25, 0.3) is 10.9 Å². The predicted octanol–water partition coefficient (Wildman–Crippen LogP) is 3.69. The van der Waals surface area contributed by atoms with Gasteiger partial charge < -0.3 is 9.88 Å². The lowest BCUT2D eigenvalue weighted by atomic mass is 10.1. The van der Waals surface area contributed by atoms with Crippen LogP contribution in [0.2, 0.25) is 0 Å². The van der Waals surface area contributed by atoms with Crippen molar-refractivity contribution < 1.29 is 18.0 Å². The van der Waals surface area contributed by atoms with Crippen LogP contribution in [0.3, 0.4) is 0 Å². The summed E-state index contributed by atoms with van der Waals surface area (Å²) in [4.78, 5) is 24.9. The zero-order valence-corrected chi connectivity index (χ0v) is 13.1. The summed E-state index contributed by atoms with van der Waals surface area (Å²) in [5.74, 6) is -5.48. The molecular formula is C18H13F3N2O2. The van der Waals surface area contributed by atoms with Crippen molar-refractivity contribution in [3.05, 3.63) is 75.8 Å². The van der Waals surface area contributed by atoms with E-state index in [0.29, 0.717) is 23.5 Å². The summed E-state index contributed by atoms with van der Waals surface area (Å²) in [7, 11) is 0. The van der Waals surface area contributed by atoms with Crippen molar-refractivity contribution in [1.29, 1.82) is 0 Å². The molecule has 0 aliphatic rings. The molecule has 25 heavy (non-hydrogen) atoms. The molecule has 0 atom stereocenters. The molecule has 0 radical (unpaired) electrons. The molecular weight excluding hydrogens is 333 g/mol. The van der Waals surface area contributed by atoms with Crippen LogP contribution in [-0.2, 0) is 6.54 Å². The van der Waals surface area contributed by atoms with Gasteiger partial charge in [-0.05, 0) is 31.2 Å². The first-order valence-electron chi connectivity index (χ1n) is 7.51. The Morgan fingerprint density at radius 1 is 1.08 bits per heavy atom. The zero-order chi connectivity index (χ0) is 18.1. The maximum Gasteiger partial charge on any atom is 0.261 e. The maximum absolute atomic E-state index is 13.7. The highest BCUT2D eigenvalue weighted by Gasteiger charge is 2.19. The number of aryl methyl sites for hydroxylation is 1. The number of para-hydroxylation sites is 1. The van der Waals surface area contributed by atoms with E-state index in [1.54, 1.807) is 28.8 Å². The van der Waals surface area contributed by atoms with E-state index in [1.807, 2.05) is 6.92 Å². The maximum atomic E-state index is 13.7. The summed E-state index contributed by atoms with van der Waals surface area (Å²) in [5, 5.41) is 2.45. The molecule has 1 aromatic heterocycles. The van der Waals surface area contributed by atoms with Crippen LogP contribution in [0.5, 0.6) is 0 Å². The fourth-order valence-corrected chi connectivity index (χ4v) is 2.58. The van der Waals surface area contributed by atoms with Gasteiger partial charge in [-0.1, -0.05) is 12.1 Å². The number of carbonyl (C=O) groups is 1. The van der Waals surface area contributed by atoms with Gasteiger partial charge in [-0.2, -0.15) is 0 Å². The van der Waals surface area contributed by atoms with Gasteiger partial charge in [0.2, 0.25) is 5.43 Å². The molecule has 0 aliphatic carbocycles. The first-order chi connectivity index (χ1) is 11.9. The predicted molar refractivity (Wildman–Crippen MR) is 88.2 cm³/mol. The van der Waals surface area contributed by atoms with E-state index in [-0.39, 0.29) is 5.56 Å². The molecule has 7 heteroatoms. The van der Waals surface area contributed by atoms with E-state index in [4.69, 9.17) is 0 Å².